The number of thiazole rings is 1. The number of ether oxygens (including phenoxy) is 4. The van der Waals surface area contributed by atoms with Crippen molar-refractivity contribution in [3.63, 3.8) is 0 Å². The van der Waals surface area contributed by atoms with Crippen LogP contribution in [0.4, 0.5) is 5.13 Å². The summed E-state index contributed by atoms with van der Waals surface area (Å²) in [7, 11) is 0. The number of hydrogen-bond acceptors (Lipinski definition) is 7. The Balaban J connectivity index is 1.79. The van der Waals surface area contributed by atoms with Crippen LogP contribution in [0.2, 0.25) is 0 Å². The monoisotopic (exact) mass is 470 g/mol. The number of amides is 1. The zero-order chi connectivity index (χ0) is 23.8. The van der Waals surface area contributed by atoms with Crippen molar-refractivity contribution in [3.8, 4) is 34.3 Å². The molecule has 3 aromatic rings. The highest BCUT2D eigenvalue weighted by Gasteiger charge is 2.19. The van der Waals surface area contributed by atoms with Crippen molar-refractivity contribution in [2.75, 3.05) is 25.1 Å². The first-order valence-electron chi connectivity index (χ1n) is 11.1. The summed E-state index contributed by atoms with van der Waals surface area (Å²) in [6.45, 7) is 10.9. The topological polar surface area (TPSA) is 78.9 Å². The Kier molecular flexibility index (Phi) is 8.54. The lowest BCUT2D eigenvalue weighted by molar-refractivity contribution is 0.102. The molecular formula is C25H30N2O5S. The van der Waals surface area contributed by atoms with E-state index in [9.17, 15) is 4.79 Å². The molecule has 0 aliphatic rings. The number of rotatable bonds is 11. The van der Waals surface area contributed by atoms with E-state index in [0.717, 1.165) is 17.0 Å². The molecule has 176 valence electrons. The molecule has 0 atom stereocenters. The van der Waals surface area contributed by atoms with Crippen LogP contribution in [0.3, 0.4) is 0 Å². The maximum Gasteiger partial charge on any atom is 0.257 e. The van der Waals surface area contributed by atoms with E-state index >= 15 is 0 Å². The van der Waals surface area contributed by atoms with E-state index < -0.39 is 0 Å². The van der Waals surface area contributed by atoms with Crippen molar-refractivity contribution >= 4 is 22.4 Å². The fourth-order valence-electron chi connectivity index (χ4n) is 3.13. The van der Waals surface area contributed by atoms with Crippen LogP contribution in [0.15, 0.2) is 41.8 Å². The summed E-state index contributed by atoms with van der Waals surface area (Å²) in [5.74, 6) is 1.95. The number of benzene rings is 2. The highest BCUT2D eigenvalue weighted by atomic mass is 32.1. The van der Waals surface area contributed by atoms with Crippen LogP contribution in [-0.4, -0.2) is 36.8 Å². The van der Waals surface area contributed by atoms with Gasteiger partial charge >= 0.3 is 0 Å². The Morgan fingerprint density at radius 3 is 2.12 bits per heavy atom. The van der Waals surface area contributed by atoms with Gasteiger partial charge in [0.15, 0.2) is 16.6 Å². The third-order valence-corrected chi connectivity index (χ3v) is 5.18. The highest BCUT2D eigenvalue weighted by Crippen LogP contribution is 2.39. The third-order valence-electron chi connectivity index (χ3n) is 4.42. The van der Waals surface area contributed by atoms with Crippen LogP contribution in [-0.2, 0) is 0 Å². The molecule has 0 unspecified atom stereocenters. The zero-order valence-electron chi connectivity index (χ0n) is 19.6. The molecule has 3 rings (SSSR count). The summed E-state index contributed by atoms with van der Waals surface area (Å²) in [4.78, 5) is 17.5. The van der Waals surface area contributed by atoms with Gasteiger partial charge in [-0.3, -0.25) is 10.1 Å². The lowest BCUT2D eigenvalue weighted by Gasteiger charge is -2.16. The largest absolute Gasteiger partial charge is 0.491 e. The minimum atomic E-state index is -0.304. The van der Waals surface area contributed by atoms with Crippen molar-refractivity contribution in [2.24, 2.45) is 0 Å². The number of carbonyl (C=O) groups excluding carboxylic acids is 1. The Hall–Kier alpha value is -3.26. The molecule has 0 fully saturated rings. The van der Waals surface area contributed by atoms with Gasteiger partial charge in [-0.2, -0.15) is 0 Å². The van der Waals surface area contributed by atoms with Crippen molar-refractivity contribution in [1.82, 2.24) is 4.98 Å². The van der Waals surface area contributed by atoms with Crippen molar-refractivity contribution in [1.29, 1.82) is 0 Å². The maximum atomic E-state index is 13.0. The molecule has 8 heteroatoms. The van der Waals surface area contributed by atoms with Gasteiger partial charge in [0, 0.05) is 16.5 Å². The highest BCUT2D eigenvalue weighted by molar-refractivity contribution is 7.14. The molecule has 1 N–H and O–H groups in total. The molecule has 1 aromatic heterocycles. The average molecular weight is 471 g/mol. The van der Waals surface area contributed by atoms with Gasteiger partial charge < -0.3 is 18.9 Å². The Morgan fingerprint density at radius 2 is 1.58 bits per heavy atom. The quantitative estimate of drug-likeness (QED) is 0.368. The number of nitrogens with one attached hydrogen (secondary N) is 1. The fourth-order valence-corrected chi connectivity index (χ4v) is 3.84. The summed E-state index contributed by atoms with van der Waals surface area (Å²) in [5.41, 5.74) is 2.13. The minimum Gasteiger partial charge on any atom is -0.491 e. The lowest BCUT2D eigenvalue weighted by atomic mass is 10.1. The van der Waals surface area contributed by atoms with Gasteiger partial charge in [-0.05, 0) is 71.0 Å². The normalized spacial score (nSPS) is 10.7. The minimum absolute atomic E-state index is 0.117. The van der Waals surface area contributed by atoms with Gasteiger partial charge in [-0.25, -0.2) is 4.98 Å². The van der Waals surface area contributed by atoms with Crippen molar-refractivity contribution < 1.29 is 23.7 Å². The van der Waals surface area contributed by atoms with E-state index in [2.05, 4.69) is 10.3 Å². The smallest absolute Gasteiger partial charge is 0.257 e. The van der Waals surface area contributed by atoms with Crippen LogP contribution >= 0.6 is 11.3 Å². The molecule has 0 saturated carbocycles. The molecule has 1 heterocycles. The SMILES string of the molecule is CCOc1cc(C(=O)Nc2nc(-c3ccc(OC(C)C)cc3)cs2)cc(OCC)c1OCC. The maximum absolute atomic E-state index is 13.0. The standard InChI is InChI=1S/C25H30N2O5S/c1-6-29-21-13-18(14-22(30-7-2)23(21)31-8-3)24(28)27-25-26-20(15-33-25)17-9-11-19(12-10-17)32-16(4)5/h9-16H,6-8H2,1-5H3,(H,26,27,28). The number of nitrogens with zero attached hydrogens (tertiary/aromatic N) is 1. The van der Waals surface area contributed by atoms with Crippen molar-refractivity contribution in [2.45, 2.75) is 40.7 Å². The fraction of sp³-hybridized carbons (Fsp3) is 0.360. The Labute approximate surface area is 198 Å². The van der Waals surface area contributed by atoms with Gasteiger partial charge in [-0.15, -0.1) is 11.3 Å². The van der Waals surface area contributed by atoms with Crippen LogP contribution in [0, 0.1) is 0 Å². The van der Waals surface area contributed by atoms with E-state index in [1.165, 1.54) is 11.3 Å². The van der Waals surface area contributed by atoms with Gasteiger partial charge in [0.05, 0.1) is 31.6 Å². The first-order chi connectivity index (χ1) is 15.9. The van der Waals surface area contributed by atoms with Gasteiger partial charge in [-0.1, -0.05) is 0 Å². The molecule has 0 aliphatic heterocycles. The molecule has 0 bridgehead atoms. The van der Waals surface area contributed by atoms with Crippen molar-refractivity contribution in [3.05, 3.63) is 47.3 Å². The molecule has 0 saturated heterocycles. The van der Waals surface area contributed by atoms with Gasteiger partial charge in [0.2, 0.25) is 5.75 Å². The number of hydrogen-bond donors (Lipinski definition) is 1. The molecule has 33 heavy (non-hydrogen) atoms. The summed E-state index contributed by atoms with van der Waals surface area (Å²) >= 11 is 1.36. The molecule has 0 spiro atoms. The molecular weight excluding hydrogens is 440 g/mol. The second kappa shape index (κ2) is 11.6. The molecule has 0 radical (unpaired) electrons. The summed E-state index contributed by atoms with van der Waals surface area (Å²) in [6.07, 6.45) is 0.117. The summed E-state index contributed by atoms with van der Waals surface area (Å²) in [5, 5.41) is 5.28. The predicted molar refractivity (Wildman–Crippen MR) is 131 cm³/mol. The van der Waals surface area contributed by atoms with Crippen LogP contribution in [0.25, 0.3) is 11.3 Å². The van der Waals surface area contributed by atoms with Crippen LogP contribution in [0.5, 0.6) is 23.0 Å². The first kappa shape index (κ1) is 24.4. The van der Waals surface area contributed by atoms with Crippen LogP contribution in [0.1, 0.15) is 45.0 Å². The Morgan fingerprint density at radius 1 is 0.970 bits per heavy atom. The summed E-state index contributed by atoms with van der Waals surface area (Å²) < 4.78 is 22.8. The van der Waals surface area contributed by atoms with Gasteiger partial charge in [0.1, 0.15) is 5.75 Å². The molecule has 1 amide bonds. The van der Waals surface area contributed by atoms with Crippen LogP contribution < -0.4 is 24.3 Å². The number of carbonyl (C=O) groups is 1. The van der Waals surface area contributed by atoms with Gasteiger partial charge in [0.25, 0.3) is 5.91 Å². The van der Waals surface area contributed by atoms with E-state index in [4.69, 9.17) is 18.9 Å². The lowest BCUT2D eigenvalue weighted by Crippen LogP contribution is -2.13. The molecule has 2 aromatic carbocycles. The van der Waals surface area contributed by atoms with E-state index in [0.29, 0.717) is 47.8 Å². The van der Waals surface area contributed by atoms with E-state index in [1.807, 2.05) is 64.3 Å². The zero-order valence-corrected chi connectivity index (χ0v) is 20.5. The predicted octanol–water partition coefficient (Wildman–Crippen LogP) is 6.05. The average Bonchev–Trinajstić information content (AvgIpc) is 3.24. The second-order valence-electron chi connectivity index (χ2n) is 7.28. The summed E-state index contributed by atoms with van der Waals surface area (Å²) in [6, 6.07) is 11.1. The van der Waals surface area contributed by atoms with E-state index in [-0.39, 0.29) is 12.0 Å². The molecule has 0 aliphatic carbocycles. The first-order valence-corrected chi connectivity index (χ1v) is 11.9. The number of anilines is 1. The molecule has 7 nitrogen and oxygen atoms in total. The number of aromatic nitrogens is 1. The van der Waals surface area contributed by atoms with E-state index in [1.54, 1.807) is 12.1 Å². The third kappa shape index (κ3) is 6.38. The second-order valence-corrected chi connectivity index (χ2v) is 8.14. The Bertz CT molecular complexity index is 1040.